The van der Waals surface area contributed by atoms with E-state index >= 15 is 0 Å². The predicted octanol–water partition coefficient (Wildman–Crippen LogP) is 2.80. The molecule has 0 aliphatic heterocycles. The second-order valence-corrected chi connectivity index (χ2v) is 12.1. The molecule has 0 spiro atoms. The molecule has 9 nitrogen and oxygen atoms in total. The molecule has 3 rings (SSSR count). The zero-order chi connectivity index (χ0) is 26.1. The molecule has 3 aliphatic rings. The average Bonchev–Trinajstić information content (AvgIpc) is 2.67. The van der Waals surface area contributed by atoms with Gasteiger partial charge in [-0.15, -0.1) is 0 Å². The normalized spacial score (nSPS) is 36.2. The predicted molar refractivity (Wildman–Crippen MR) is 127 cm³/mol. The lowest BCUT2D eigenvalue weighted by Crippen LogP contribution is -2.60. The first-order valence-corrected chi connectivity index (χ1v) is 13.3. The molecule has 34 heavy (non-hydrogen) atoms. The van der Waals surface area contributed by atoms with E-state index in [0.29, 0.717) is 31.3 Å². The first-order valence-electron chi connectivity index (χ1n) is 11.9. The number of ether oxygens (including phenoxy) is 1. The quantitative estimate of drug-likeness (QED) is 0.300. The van der Waals surface area contributed by atoms with E-state index in [0.717, 1.165) is 31.3 Å². The summed E-state index contributed by atoms with van der Waals surface area (Å²) in [5.41, 5.74) is 0.905. The van der Waals surface area contributed by atoms with E-state index in [1.165, 1.54) is 0 Å². The molecule has 0 heterocycles. The number of aliphatic hydroxyl groups is 1. The summed E-state index contributed by atoms with van der Waals surface area (Å²) >= 11 is 0. The smallest absolute Gasteiger partial charge is 0.394 e. The van der Waals surface area contributed by atoms with Gasteiger partial charge in [0.15, 0.2) is 0 Å². The topological polar surface area (TPSA) is 141 Å². The number of allylic oxidation sites excluding steroid dienone is 1. The van der Waals surface area contributed by atoms with E-state index < -0.39 is 10.4 Å². The van der Waals surface area contributed by atoms with Crippen LogP contribution >= 0.6 is 0 Å². The van der Waals surface area contributed by atoms with Gasteiger partial charge in [0.2, 0.25) is 0 Å². The highest BCUT2D eigenvalue weighted by Crippen LogP contribution is 2.64. The second kappa shape index (κ2) is 10.7. The van der Waals surface area contributed by atoms with Crippen LogP contribution in [0, 0.1) is 34.5 Å². The van der Waals surface area contributed by atoms with Crippen LogP contribution in [0.3, 0.4) is 0 Å². The number of likely N-dealkylation sites (N-methyl/N-ethyl adjacent to an activating group) is 1. The molecular weight excluding hydrogens is 462 g/mol. The third kappa shape index (κ3) is 6.66. The fourth-order valence-corrected chi connectivity index (χ4v) is 6.63. The van der Waals surface area contributed by atoms with Gasteiger partial charge < -0.3 is 14.7 Å². The van der Waals surface area contributed by atoms with Gasteiger partial charge in [-0.3, -0.25) is 13.9 Å². The van der Waals surface area contributed by atoms with Gasteiger partial charge in [0, 0.05) is 25.0 Å². The Hall–Kier alpha value is -1.33. The van der Waals surface area contributed by atoms with Gasteiger partial charge in [0.25, 0.3) is 0 Å². The van der Waals surface area contributed by atoms with Crippen LogP contribution in [-0.4, -0.2) is 72.6 Å². The Morgan fingerprint density at radius 1 is 1.21 bits per heavy atom. The number of esters is 1. The summed E-state index contributed by atoms with van der Waals surface area (Å²) in [7, 11) is -0.770. The number of rotatable bonds is 4. The first kappa shape index (κ1) is 28.9. The molecule has 0 bridgehead atoms. The van der Waals surface area contributed by atoms with Crippen molar-refractivity contribution in [2.24, 2.45) is 34.5 Å². The fourth-order valence-electron chi connectivity index (χ4n) is 6.63. The Morgan fingerprint density at radius 2 is 1.79 bits per heavy atom. The van der Waals surface area contributed by atoms with Crippen molar-refractivity contribution in [1.82, 2.24) is 4.90 Å². The van der Waals surface area contributed by atoms with Crippen LogP contribution in [0.15, 0.2) is 11.6 Å². The Kier molecular flexibility index (Phi) is 9.13. The summed E-state index contributed by atoms with van der Waals surface area (Å²) < 4.78 is 36.9. The Labute approximate surface area is 203 Å². The van der Waals surface area contributed by atoms with Gasteiger partial charge >= 0.3 is 16.4 Å². The zero-order valence-electron chi connectivity index (χ0n) is 21.2. The summed E-state index contributed by atoms with van der Waals surface area (Å²) in [6.45, 7) is 9.82. The van der Waals surface area contributed by atoms with Gasteiger partial charge in [-0.2, -0.15) is 8.42 Å². The summed E-state index contributed by atoms with van der Waals surface area (Å²) in [5.74, 6) is 0.645. The maximum Gasteiger partial charge on any atom is 0.394 e. The van der Waals surface area contributed by atoms with E-state index in [-0.39, 0.29) is 40.7 Å². The number of fused-ring (bicyclic) bond motifs is 3. The molecular formula is C24H41NO8S. The Bertz CT molecular complexity index is 889. The van der Waals surface area contributed by atoms with Crippen LogP contribution in [0.1, 0.15) is 59.8 Å². The van der Waals surface area contributed by atoms with E-state index in [1.807, 2.05) is 19.0 Å². The highest BCUT2D eigenvalue weighted by atomic mass is 32.3. The van der Waals surface area contributed by atoms with Crippen LogP contribution in [0.5, 0.6) is 0 Å². The van der Waals surface area contributed by atoms with Crippen molar-refractivity contribution in [2.45, 2.75) is 65.9 Å². The number of ketones is 1. The highest BCUT2D eigenvalue weighted by molar-refractivity contribution is 7.79. The van der Waals surface area contributed by atoms with Crippen LogP contribution in [0.25, 0.3) is 0 Å². The van der Waals surface area contributed by atoms with Crippen molar-refractivity contribution in [3.05, 3.63) is 11.6 Å². The molecule has 6 atom stereocenters. The van der Waals surface area contributed by atoms with Crippen molar-refractivity contribution in [3.63, 3.8) is 0 Å². The second-order valence-electron chi connectivity index (χ2n) is 11.2. The molecule has 0 radical (unpaired) electrons. The number of carbonyl (C=O) groups excluding carboxylic acids is 2. The summed E-state index contributed by atoms with van der Waals surface area (Å²) in [4.78, 5) is 27.5. The lowest BCUT2D eigenvalue weighted by atomic mass is 9.42. The summed E-state index contributed by atoms with van der Waals surface area (Å²) in [6.07, 6.45) is 5.44. The maximum absolute atomic E-state index is 13.3. The lowest BCUT2D eigenvalue weighted by molar-refractivity contribution is -0.172. The summed E-state index contributed by atoms with van der Waals surface area (Å²) in [5, 5.41) is 10.6. The zero-order valence-corrected chi connectivity index (χ0v) is 22.0. The van der Waals surface area contributed by atoms with Gasteiger partial charge in [0.1, 0.15) is 12.4 Å². The molecule has 6 unspecified atom stereocenters. The van der Waals surface area contributed by atoms with E-state index in [9.17, 15) is 14.7 Å². The largest absolute Gasteiger partial charge is 0.461 e. The molecule has 3 N–H and O–H groups in total. The van der Waals surface area contributed by atoms with Gasteiger partial charge in [0.05, 0.1) is 6.10 Å². The molecule has 0 aromatic heterocycles. The van der Waals surface area contributed by atoms with Crippen molar-refractivity contribution in [1.29, 1.82) is 0 Å². The van der Waals surface area contributed by atoms with Gasteiger partial charge in [-0.1, -0.05) is 33.3 Å². The van der Waals surface area contributed by atoms with Crippen molar-refractivity contribution in [3.8, 4) is 0 Å². The minimum absolute atomic E-state index is 0.0168. The minimum Gasteiger partial charge on any atom is -0.461 e. The number of carbonyl (C=O) groups is 2. The Balaban J connectivity index is 0.000000739. The molecule has 0 saturated heterocycles. The van der Waals surface area contributed by atoms with Crippen molar-refractivity contribution >= 4 is 22.2 Å². The number of Topliss-reactive ketones (excluding diaryl/α,β-unsaturated/α-hetero) is 1. The van der Waals surface area contributed by atoms with Crippen LogP contribution < -0.4 is 0 Å². The van der Waals surface area contributed by atoms with Crippen LogP contribution in [0.2, 0.25) is 0 Å². The number of aliphatic hydroxyl groups excluding tert-OH is 1. The molecule has 0 amide bonds. The number of nitrogens with zero attached hydrogens (tertiary/aromatic N) is 1. The number of hydrogen-bond donors (Lipinski definition) is 3. The molecule has 3 fully saturated rings. The minimum atomic E-state index is -4.67. The Morgan fingerprint density at radius 3 is 2.35 bits per heavy atom. The third-order valence-electron chi connectivity index (χ3n) is 8.52. The standard InChI is InChI=1S/C24H39NO4.H2O4S/c1-15-16(13-21(28)29-12-11-25(5)6)7-8-17-22(15)18(26)14-19-23(2,3)20(27)9-10-24(17,19)4;1-5(2,3)4/h13,15,17,19-20,22,27H,7-12,14H2,1-6H3;(H2,1,2,3,4)/b16-13+;. The molecule has 0 aromatic carbocycles. The van der Waals surface area contributed by atoms with E-state index in [4.69, 9.17) is 22.3 Å². The fraction of sp³-hybridized carbons (Fsp3) is 0.833. The molecule has 196 valence electrons. The van der Waals surface area contributed by atoms with E-state index in [2.05, 4.69) is 27.7 Å². The maximum atomic E-state index is 13.3. The average molecular weight is 504 g/mol. The molecule has 3 saturated carbocycles. The van der Waals surface area contributed by atoms with Crippen LogP contribution in [-0.2, 0) is 24.7 Å². The van der Waals surface area contributed by atoms with E-state index in [1.54, 1.807) is 6.08 Å². The molecule has 3 aliphatic carbocycles. The highest BCUT2D eigenvalue weighted by Gasteiger charge is 2.61. The first-order chi connectivity index (χ1) is 15.5. The van der Waals surface area contributed by atoms with Gasteiger partial charge in [-0.05, 0) is 68.4 Å². The summed E-state index contributed by atoms with van der Waals surface area (Å²) in [6, 6.07) is 0. The van der Waals surface area contributed by atoms with Gasteiger partial charge in [-0.25, -0.2) is 4.79 Å². The lowest BCUT2D eigenvalue weighted by Gasteiger charge is -2.62. The third-order valence-corrected chi connectivity index (χ3v) is 8.52. The van der Waals surface area contributed by atoms with Crippen molar-refractivity contribution < 1.29 is 37.0 Å². The molecule has 0 aromatic rings. The van der Waals surface area contributed by atoms with Crippen LogP contribution in [0.4, 0.5) is 0 Å². The number of hydrogen-bond acceptors (Lipinski definition) is 7. The SMILES string of the molecule is CC1/C(=C/C(=O)OCCN(C)C)CCC2C1C(=O)CC1C(C)(C)C(O)CCC21C.O=S(=O)(O)O. The molecule has 10 heteroatoms. The monoisotopic (exact) mass is 503 g/mol. The van der Waals surface area contributed by atoms with Crippen molar-refractivity contribution in [2.75, 3.05) is 27.2 Å².